The summed E-state index contributed by atoms with van der Waals surface area (Å²) in [5.41, 5.74) is 0. The first-order valence-electron chi connectivity index (χ1n) is 9.62. The van der Waals surface area contributed by atoms with Crippen LogP contribution < -0.4 is 0 Å². The van der Waals surface area contributed by atoms with Crippen molar-refractivity contribution < 1.29 is 0 Å². The first-order valence-corrected chi connectivity index (χ1v) is 13.2. The Morgan fingerprint density at radius 2 is 1.10 bits per heavy atom. The molecule has 2 saturated heterocycles. The van der Waals surface area contributed by atoms with Crippen molar-refractivity contribution in [3.8, 4) is 0 Å². The van der Waals surface area contributed by atoms with Gasteiger partial charge in [-0.2, -0.15) is 11.8 Å². The van der Waals surface area contributed by atoms with E-state index in [1.807, 2.05) is 0 Å². The minimum absolute atomic E-state index is 1.07. The van der Waals surface area contributed by atoms with E-state index in [4.69, 9.17) is 0 Å². The van der Waals surface area contributed by atoms with Gasteiger partial charge in [0.1, 0.15) is 0 Å². The standard InChI is InChI=1S/C6H10.C5H10.C4H8S.C4H8Se/c1-2-5-4-6(5)3-1;3*1-2-4-5-3-1/h5-6H,1-4H2;1-5H2;2*1-4H2. The van der Waals surface area contributed by atoms with Gasteiger partial charge in [-0.05, 0) is 42.6 Å². The maximum atomic E-state index is 2.07. The summed E-state index contributed by atoms with van der Waals surface area (Å²) >= 11 is 3.14. The van der Waals surface area contributed by atoms with Crippen LogP contribution in [0.15, 0.2) is 0 Å². The Kier molecular flexibility index (Phi) is 10.7. The summed E-state index contributed by atoms with van der Waals surface area (Å²) in [4.78, 5) is 0. The fraction of sp³-hybridized carbons (Fsp3) is 1.00. The Balaban J connectivity index is 0.000000103. The van der Waals surface area contributed by atoms with Gasteiger partial charge in [0.15, 0.2) is 0 Å². The SMILES string of the molecule is C1CC2CC2C1.C1CCCC1.C1CCSC1.C1CC[Se]C1. The molecule has 5 fully saturated rings. The van der Waals surface area contributed by atoms with Crippen molar-refractivity contribution in [2.75, 3.05) is 11.5 Å². The first kappa shape index (κ1) is 18.2. The number of hydrogen-bond donors (Lipinski definition) is 0. The molecule has 124 valence electrons. The van der Waals surface area contributed by atoms with Gasteiger partial charge in [0.05, 0.1) is 0 Å². The molecule has 0 bridgehead atoms. The second-order valence-electron chi connectivity index (χ2n) is 7.09. The normalized spacial score (nSPS) is 32.0. The summed E-state index contributed by atoms with van der Waals surface area (Å²) < 4.78 is 0. The van der Waals surface area contributed by atoms with Crippen molar-refractivity contribution in [3.63, 3.8) is 0 Å². The Labute approximate surface area is 144 Å². The molecule has 0 amide bonds. The van der Waals surface area contributed by atoms with Crippen LogP contribution >= 0.6 is 11.8 Å². The van der Waals surface area contributed by atoms with Gasteiger partial charge >= 0.3 is 38.4 Å². The van der Waals surface area contributed by atoms with E-state index in [2.05, 4.69) is 11.8 Å². The van der Waals surface area contributed by atoms with E-state index >= 15 is 0 Å². The molecule has 5 aliphatic rings. The van der Waals surface area contributed by atoms with Crippen molar-refractivity contribution >= 4 is 26.7 Å². The van der Waals surface area contributed by atoms with Gasteiger partial charge in [-0.15, -0.1) is 0 Å². The fourth-order valence-electron chi connectivity index (χ4n) is 3.56. The third-order valence-corrected chi connectivity index (χ3v) is 8.70. The second kappa shape index (κ2) is 12.3. The minimum atomic E-state index is 1.07. The Morgan fingerprint density at radius 1 is 0.571 bits per heavy atom. The van der Waals surface area contributed by atoms with Crippen molar-refractivity contribution in [2.24, 2.45) is 11.8 Å². The Morgan fingerprint density at radius 3 is 1.29 bits per heavy atom. The van der Waals surface area contributed by atoms with Crippen molar-refractivity contribution in [2.45, 2.75) is 94.1 Å². The molecule has 0 N–H and O–H groups in total. The van der Waals surface area contributed by atoms with Crippen LogP contribution in [0.4, 0.5) is 0 Å². The van der Waals surface area contributed by atoms with Gasteiger partial charge in [-0.3, -0.25) is 0 Å². The van der Waals surface area contributed by atoms with Crippen LogP contribution in [0.5, 0.6) is 0 Å². The number of thioether (sulfide) groups is 1. The van der Waals surface area contributed by atoms with E-state index in [1.54, 1.807) is 29.9 Å². The summed E-state index contributed by atoms with van der Waals surface area (Å²) in [6.45, 7) is 0. The summed E-state index contributed by atoms with van der Waals surface area (Å²) in [6.07, 6.45) is 19.7. The van der Waals surface area contributed by atoms with Crippen LogP contribution in [0.1, 0.15) is 83.5 Å². The summed E-state index contributed by atoms with van der Waals surface area (Å²) in [5.74, 6) is 5.26. The summed E-state index contributed by atoms with van der Waals surface area (Å²) in [7, 11) is 0. The zero-order valence-corrected chi connectivity index (χ0v) is 16.5. The molecule has 2 aliphatic heterocycles. The molecule has 3 aliphatic carbocycles. The molecule has 0 aromatic heterocycles. The third kappa shape index (κ3) is 9.57. The van der Waals surface area contributed by atoms with Crippen LogP contribution in [0.2, 0.25) is 10.6 Å². The first-order chi connectivity index (χ1) is 10.5. The van der Waals surface area contributed by atoms with Gasteiger partial charge in [0.25, 0.3) is 0 Å². The van der Waals surface area contributed by atoms with Crippen LogP contribution in [0.25, 0.3) is 0 Å². The van der Waals surface area contributed by atoms with E-state index in [9.17, 15) is 0 Å². The van der Waals surface area contributed by atoms with Gasteiger partial charge in [-0.25, -0.2) is 0 Å². The average molecular weight is 376 g/mol. The van der Waals surface area contributed by atoms with Gasteiger partial charge in [-0.1, -0.05) is 51.4 Å². The van der Waals surface area contributed by atoms with E-state index in [0.29, 0.717) is 0 Å². The molecule has 0 aromatic carbocycles. The summed E-state index contributed by atoms with van der Waals surface area (Å²) in [6, 6.07) is 0. The van der Waals surface area contributed by atoms with E-state index in [1.165, 1.54) is 87.5 Å². The van der Waals surface area contributed by atoms with Crippen molar-refractivity contribution in [1.82, 2.24) is 0 Å². The molecule has 21 heavy (non-hydrogen) atoms. The number of hydrogen-bond acceptors (Lipinski definition) is 1. The molecule has 3 saturated carbocycles. The zero-order valence-electron chi connectivity index (χ0n) is 14.0. The number of fused-ring (bicyclic) bond motifs is 1. The van der Waals surface area contributed by atoms with Crippen LogP contribution in [0, 0.1) is 11.8 Å². The maximum absolute atomic E-state index is 2.07. The molecular formula is C19H36SSe. The van der Waals surface area contributed by atoms with Gasteiger partial charge < -0.3 is 0 Å². The van der Waals surface area contributed by atoms with E-state index in [-0.39, 0.29) is 0 Å². The molecular weight excluding hydrogens is 339 g/mol. The molecule has 2 atom stereocenters. The topological polar surface area (TPSA) is 0 Å². The average Bonchev–Trinajstić information content (AvgIpc) is 3.23. The van der Waals surface area contributed by atoms with Gasteiger partial charge in [0.2, 0.25) is 0 Å². The predicted molar refractivity (Wildman–Crippen MR) is 99.7 cm³/mol. The van der Waals surface area contributed by atoms with Crippen LogP contribution in [-0.4, -0.2) is 26.5 Å². The molecule has 2 heteroatoms. The van der Waals surface area contributed by atoms with Gasteiger partial charge in [0, 0.05) is 0 Å². The zero-order chi connectivity index (χ0) is 14.6. The fourth-order valence-corrected chi connectivity index (χ4v) is 6.73. The molecule has 2 heterocycles. The molecule has 2 unspecified atom stereocenters. The van der Waals surface area contributed by atoms with Crippen LogP contribution in [0.3, 0.4) is 0 Å². The van der Waals surface area contributed by atoms with Crippen molar-refractivity contribution in [1.29, 1.82) is 0 Å². The molecule has 0 aromatic rings. The second-order valence-corrected chi connectivity index (χ2v) is 10.9. The Bertz CT molecular complexity index is 177. The predicted octanol–water partition coefficient (Wildman–Crippen LogP) is 6.59. The Hall–Kier alpha value is 0.869. The molecule has 5 rings (SSSR count). The monoisotopic (exact) mass is 376 g/mol. The quantitative estimate of drug-likeness (QED) is 0.430. The molecule has 0 spiro atoms. The third-order valence-electron chi connectivity index (χ3n) is 5.12. The van der Waals surface area contributed by atoms with Crippen molar-refractivity contribution in [3.05, 3.63) is 0 Å². The van der Waals surface area contributed by atoms with E-state index < -0.39 is 0 Å². The molecule has 0 radical (unpaired) electrons. The van der Waals surface area contributed by atoms with Crippen LogP contribution in [-0.2, 0) is 0 Å². The summed E-state index contributed by atoms with van der Waals surface area (Å²) in [5, 5.41) is 3.12. The molecule has 0 nitrogen and oxygen atoms in total. The number of rotatable bonds is 0. The van der Waals surface area contributed by atoms with E-state index in [0.717, 1.165) is 15.0 Å².